The third-order valence-electron chi connectivity index (χ3n) is 2.40. The molecule has 0 aromatic carbocycles. The van der Waals surface area contributed by atoms with Crippen LogP contribution in [0.15, 0.2) is 18.3 Å². The number of rotatable bonds is 1. The predicted octanol–water partition coefficient (Wildman–Crippen LogP) is 2.26. The van der Waals surface area contributed by atoms with E-state index in [1.807, 2.05) is 32.2 Å². The summed E-state index contributed by atoms with van der Waals surface area (Å²) in [5, 5.41) is 0. The van der Waals surface area contributed by atoms with Gasteiger partial charge in [-0.05, 0) is 31.0 Å². The van der Waals surface area contributed by atoms with E-state index in [0.29, 0.717) is 5.88 Å². The predicted molar refractivity (Wildman–Crippen MR) is 55.6 cm³/mol. The standard InChI is InChI=1S/C11H12N2O/c1-7-6-12-9-4-5-10(14-3)13-11(9)8(7)2/h4-6H,1-3H3. The number of aromatic nitrogens is 2. The molecule has 0 aliphatic carbocycles. The maximum Gasteiger partial charge on any atom is 0.213 e. The molecule has 0 amide bonds. The second-order valence-corrected chi connectivity index (χ2v) is 3.29. The Morgan fingerprint density at radius 1 is 1.21 bits per heavy atom. The molecule has 72 valence electrons. The van der Waals surface area contributed by atoms with Gasteiger partial charge in [-0.25, -0.2) is 4.98 Å². The average Bonchev–Trinajstić information content (AvgIpc) is 2.23. The number of fused-ring (bicyclic) bond motifs is 1. The molecule has 2 aromatic rings. The lowest BCUT2D eigenvalue weighted by Gasteiger charge is -2.05. The smallest absolute Gasteiger partial charge is 0.213 e. The normalized spacial score (nSPS) is 10.5. The van der Waals surface area contributed by atoms with Crippen LogP contribution >= 0.6 is 0 Å². The fraction of sp³-hybridized carbons (Fsp3) is 0.273. The number of methoxy groups -OCH3 is 1. The molecule has 0 saturated heterocycles. The molecule has 2 rings (SSSR count). The van der Waals surface area contributed by atoms with Gasteiger partial charge in [0.1, 0.15) is 0 Å². The summed E-state index contributed by atoms with van der Waals surface area (Å²) in [4.78, 5) is 8.67. The van der Waals surface area contributed by atoms with E-state index in [4.69, 9.17) is 4.74 Å². The van der Waals surface area contributed by atoms with Gasteiger partial charge in [-0.2, -0.15) is 0 Å². The monoisotopic (exact) mass is 188 g/mol. The maximum absolute atomic E-state index is 5.08. The minimum atomic E-state index is 0.632. The average molecular weight is 188 g/mol. The van der Waals surface area contributed by atoms with Gasteiger partial charge in [0.15, 0.2) is 0 Å². The Morgan fingerprint density at radius 2 is 2.00 bits per heavy atom. The zero-order valence-corrected chi connectivity index (χ0v) is 8.53. The second kappa shape index (κ2) is 3.25. The van der Waals surface area contributed by atoms with E-state index >= 15 is 0 Å². The maximum atomic E-state index is 5.08. The van der Waals surface area contributed by atoms with Crippen molar-refractivity contribution in [1.82, 2.24) is 9.97 Å². The first-order valence-corrected chi connectivity index (χ1v) is 4.49. The highest BCUT2D eigenvalue weighted by atomic mass is 16.5. The quantitative estimate of drug-likeness (QED) is 0.688. The lowest BCUT2D eigenvalue weighted by molar-refractivity contribution is 0.399. The molecule has 3 heteroatoms. The Hall–Kier alpha value is -1.64. The third-order valence-corrected chi connectivity index (χ3v) is 2.40. The van der Waals surface area contributed by atoms with E-state index in [1.54, 1.807) is 7.11 Å². The van der Waals surface area contributed by atoms with Crippen LogP contribution in [0, 0.1) is 13.8 Å². The lowest BCUT2D eigenvalue weighted by atomic mass is 10.1. The lowest BCUT2D eigenvalue weighted by Crippen LogP contribution is -1.93. The summed E-state index contributed by atoms with van der Waals surface area (Å²) in [6.07, 6.45) is 1.87. The van der Waals surface area contributed by atoms with Crippen molar-refractivity contribution in [3.8, 4) is 5.88 Å². The summed E-state index contributed by atoms with van der Waals surface area (Å²) in [6.45, 7) is 4.08. The number of aryl methyl sites for hydroxylation is 2. The van der Waals surface area contributed by atoms with Gasteiger partial charge in [-0.15, -0.1) is 0 Å². The number of hydrogen-bond acceptors (Lipinski definition) is 3. The van der Waals surface area contributed by atoms with Crippen LogP contribution < -0.4 is 4.74 Å². The van der Waals surface area contributed by atoms with Crippen molar-refractivity contribution in [1.29, 1.82) is 0 Å². The van der Waals surface area contributed by atoms with E-state index in [-0.39, 0.29) is 0 Å². The van der Waals surface area contributed by atoms with Gasteiger partial charge in [0.25, 0.3) is 0 Å². The molecule has 0 fully saturated rings. The van der Waals surface area contributed by atoms with Crippen molar-refractivity contribution in [3.05, 3.63) is 29.5 Å². The van der Waals surface area contributed by atoms with Crippen LogP contribution in [0.4, 0.5) is 0 Å². The molecular formula is C11H12N2O. The molecule has 0 N–H and O–H groups in total. The molecule has 2 heterocycles. The SMILES string of the molecule is COc1ccc2ncc(C)c(C)c2n1. The molecule has 0 spiro atoms. The van der Waals surface area contributed by atoms with Gasteiger partial charge in [-0.3, -0.25) is 4.98 Å². The van der Waals surface area contributed by atoms with E-state index in [9.17, 15) is 0 Å². The van der Waals surface area contributed by atoms with Crippen LogP contribution in [0.5, 0.6) is 5.88 Å². The molecule has 0 atom stereocenters. The first-order valence-electron chi connectivity index (χ1n) is 4.49. The van der Waals surface area contributed by atoms with Gasteiger partial charge >= 0.3 is 0 Å². The van der Waals surface area contributed by atoms with E-state index in [1.165, 1.54) is 0 Å². The zero-order valence-electron chi connectivity index (χ0n) is 8.53. The summed E-state index contributed by atoms with van der Waals surface area (Å²) in [6, 6.07) is 3.75. The summed E-state index contributed by atoms with van der Waals surface area (Å²) in [7, 11) is 1.62. The Bertz CT molecular complexity index is 480. The van der Waals surface area contributed by atoms with E-state index in [0.717, 1.165) is 22.2 Å². The fourth-order valence-electron chi connectivity index (χ4n) is 1.38. The Morgan fingerprint density at radius 3 is 2.71 bits per heavy atom. The molecule has 0 saturated carbocycles. The topological polar surface area (TPSA) is 35.0 Å². The van der Waals surface area contributed by atoms with Crippen molar-refractivity contribution in [3.63, 3.8) is 0 Å². The van der Waals surface area contributed by atoms with Crippen LogP contribution in [0.1, 0.15) is 11.1 Å². The van der Waals surface area contributed by atoms with Gasteiger partial charge in [-0.1, -0.05) is 0 Å². The van der Waals surface area contributed by atoms with Crippen LogP contribution in [-0.2, 0) is 0 Å². The summed E-state index contributed by atoms with van der Waals surface area (Å²) >= 11 is 0. The van der Waals surface area contributed by atoms with Crippen molar-refractivity contribution < 1.29 is 4.74 Å². The number of pyridine rings is 2. The molecule has 0 bridgehead atoms. The molecule has 2 aromatic heterocycles. The van der Waals surface area contributed by atoms with Crippen LogP contribution in [-0.4, -0.2) is 17.1 Å². The molecule has 0 unspecified atom stereocenters. The largest absolute Gasteiger partial charge is 0.481 e. The van der Waals surface area contributed by atoms with Crippen LogP contribution in [0.2, 0.25) is 0 Å². The third kappa shape index (κ3) is 1.31. The molecule has 0 aliphatic heterocycles. The summed E-state index contributed by atoms with van der Waals surface area (Å²) in [5.74, 6) is 0.632. The van der Waals surface area contributed by atoms with Crippen molar-refractivity contribution in [2.24, 2.45) is 0 Å². The molecule has 0 aliphatic rings. The molecule has 3 nitrogen and oxygen atoms in total. The van der Waals surface area contributed by atoms with Gasteiger partial charge in [0.05, 0.1) is 18.1 Å². The van der Waals surface area contributed by atoms with Crippen LogP contribution in [0.25, 0.3) is 11.0 Å². The highest BCUT2D eigenvalue weighted by molar-refractivity contribution is 5.78. The molecule has 14 heavy (non-hydrogen) atoms. The summed E-state index contributed by atoms with van der Waals surface area (Å²) < 4.78 is 5.08. The number of ether oxygens (including phenoxy) is 1. The van der Waals surface area contributed by atoms with Gasteiger partial charge < -0.3 is 4.74 Å². The van der Waals surface area contributed by atoms with Crippen LogP contribution in [0.3, 0.4) is 0 Å². The van der Waals surface area contributed by atoms with Crippen molar-refractivity contribution >= 4 is 11.0 Å². The highest BCUT2D eigenvalue weighted by Crippen LogP contribution is 2.19. The minimum Gasteiger partial charge on any atom is -0.481 e. The Labute approximate surface area is 82.8 Å². The first kappa shape index (κ1) is 8.94. The van der Waals surface area contributed by atoms with Gasteiger partial charge in [0.2, 0.25) is 5.88 Å². The highest BCUT2D eigenvalue weighted by Gasteiger charge is 2.04. The molecular weight excluding hydrogens is 176 g/mol. The van der Waals surface area contributed by atoms with E-state index < -0.39 is 0 Å². The van der Waals surface area contributed by atoms with Crippen molar-refractivity contribution in [2.75, 3.05) is 7.11 Å². The Kier molecular flexibility index (Phi) is 2.08. The second-order valence-electron chi connectivity index (χ2n) is 3.29. The number of hydrogen-bond donors (Lipinski definition) is 0. The van der Waals surface area contributed by atoms with Crippen molar-refractivity contribution in [2.45, 2.75) is 13.8 Å². The fourth-order valence-corrected chi connectivity index (χ4v) is 1.38. The zero-order chi connectivity index (χ0) is 10.1. The Balaban J connectivity index is 2.78. The summed E-state index contributed by atoms with van der Waals surface area (Å²) in [5.41, 5.74) is 4.14. The number of nitrogens with zero attached hydrogens (tertiary/aromatic N) is 2. The first-order chi connectivity index (χ1) is 6.72. The van der Waals surface area contributed by atoms with E-state index in [2.05, 4.69) is 9.97 Å². The van der Waals surface area contributed by atoms with Gasteiger partial charge in [0, 0.05) is 12.3 Å². The minimum absolute atomic E-state index is 0.632. The molecule has 0 radical (unpaired) electrons.